The van der Waals surface area contributed by atoms with E-state index >= 15 is 0 Å². The summed E-state index contributed by atoms with van der Waals surface area (Å²) in [5, 5.41) is 0. The zero-order valence-electron chi connectivity index (χ0n) is 5.63. The van der Waals surface area contributed by atoms with Crippen molar-refractivity contribution >= 4 is 28.3 Å². The fraction of sp³-hybridized carbons (Fsp3) is 0.167. The first-order valence-electron chi connectivity index (χ1n) is 2.82. The van der Waals surface area contributed by atoms with Gasteiger partial charge >= 0.3 is 0 Å². The van der Waals surface area contributed by atoms with Crippen LogP contribution in [0.1, 0.15) is 5.69 Å². The minimum atomic E-state index is -0.136. The highest BCUT2D eigenvalue weighted by atomic mass is 79.9. The molecule has 11 heavy (non-hydrogen) atoms. The van der Waals surface area contributed by atoms with Crippen molar-refractivity contribution < 1.29 is 0 Å². The van der Waals surface area contributed by atoms with E-state index < -0.39 is 0 Å². The lowest BCUT2D eigenvalue weighted by molar-refractivity contribution is 0.968. The number of aromatic amines is 1. The first-order valence-corrected chi connectivity index (χ1v) is 3.61. The summed E-state index contributed by atoms with van der Waals surface area (Å²) in [6.45, 7) is 0.364. The third-order valence-corrected chi connectivity index (χ3v) is 1.77. The number of hydrogen-bond acceptors (Lipinski definition) is 2. The quantitative estimate of drug-likeness (QED) is 0.769. The Morgan fingerprint density at radius 3 is 2.64 bits per heavy atom. The predicted molar refractivity (Wildman–Crippen MR) is 49.9 cm³/mol. The SMILES string of the molecule is Cl.NCc1ccc(Br)c(=O)[nH]1. The van der Waals surface area contributed by atoms with Gasteiger partial charge in [-0.15, -0.1) is 12.4 Å². The van der Waals surface area contributed by atoms with Gasteiger partial charge in [-0.1, -0.05) is 0 Å². The fourth-order valence-electron chi connectivity index (χ4n) is 0.616. The van der Waals surface area contributed by atoms with E-state index in [9.17, 15) is 4.79 Å². The average Bonchev–Trinajstić information content (AvgIpc) is 1.95. The standard InChI is InChI=1S/C6H7BrN2O.ClH/c7-5-2-1-4(3-8)9-6(5)10;/h1-2H,3,8H2,(H,9,10);1H. The molecule has 0 aliphatic rings. The molecule has 0 spiro atoms. The van der Waals surface area contributed by atoms with E-state index in [0.717, 1.165) is 5.69 Å². The van der Waals surface area contributed by atoms with Gasteiger partial charge in [-0.3, -0.25) is 4.79 Å². The number of nitrogens with two attached hydrogens (primary N) is 1. The number of rotatable bonds is 1. The third kappa shape index (κ3) is 2.65. The van der Waals surface area contributed by atoms with Gasteiger partial charge in [0.1, 0.15) is 0 Å². The van der Waals surface area contributed by atoms with Crippen molar-refractivity contribution in [1.82, 2.24) is 4.98 Å². The van der Waals surface area contributed by atoms with Gasteiger partial charge in [0.2, 0.25) is 0 Å². The number of nitrogens with one attached hydrogen (secondary N) is 1. The van der Waals surface area contributed by atoms with Crippen LogP contribution in [0.5, 0.6) is 0 Å². The van der Waals surface area contributed by atoms with Crippen LogP contribution in [0.25, 0.3) is 0 Å². The molecule has 0 atom stereocenters. The predicted octanol–water partition coefficient (Wildman–Crippen LogP) is 1.02. The van der Waals surface area contributed by atoms with Gasteiger partial charge in [0.25, 0.3) is 5.56 Å². The Morgan fingerprint density at radius 2 is 2.18 bits per heavy atom. The first kappa shape index (κ1) is 10.7. The lowest BCUT2D eigenvalue weighted by Crippen LogP contribution is -2.11. The lowest BCUT2D eigenvalue weighted by Gasteiger charge is -1.94. The Labute approximate surface area is 78.5 Å². The second-order valence-corrected chi connectivity index (χ2v) is 2.72. The summed E-state index contributed by atoms with van der Waals surface area (Å²) in [5.41, 5.74) is 5.89. The molecule has 0 amide bonds. The molecule has 5 heteroatoms. The van der Waals surface area contributed by atoms with Crippen LogP contribution in [0.4, 0.5) is 0 Å². The zero-order chi connectivity index (χ0) is 7.56. The van der Waals surface area contributed by atoms with Crippen LogP contribution in [0.3, 0.4) is 0 Å². The Hall–Kier alpha value is -0.320. The Kier molecular flexibility index (Phi) is 4.40. The summed E-state index contributed by atoms with van der Waals surface area (Å²) in [5.74, 6) is 0. The average molecular weight is 239 g/mol. The second-order valence-electron chi connectivity index (χ2n) is 1.86. The highest BCUT2D eigenvalue weighted by Gasteiger charge is 1.93. The van der Waals surface area contributed by atoms with E-state index in [1.165, 1.54) is 0 Å². The molecule has 1 heterocycles. The topological polar surface area (TPSA) is 58.9 Å². The number of hydrogen-bond donors (Lipinski definition) is 2. The van der Waals surface area contributed by atoms with Gasteiger partial charge < -0.3 is 10.7 Å². The van der Waals surface area contributed by atoms with E-state index in [2.05, 4.69) is 20.9 Å². The normalized spacial score (nSPS) is 8.91. The Balaban J connectivity index is 0.000001000. The van der Waals surface area contributed by atoms with Crippen molar-refractivity contribution in [2.45, 2.75) is 6.54 Å². The summed E-state index contributed by atoms with van der Waals surface area (Å²) in [6, 6.07) is 3.45. The van der Waals surface area contributed by atoms with Crippen molar-refractivity contribution in [3.8, 4) is 0 Å². The van der Waals surface area contributed by atoms with Crippen molar-refractivity contribution in [3.63, 3.8) is 0 Å². The monoisotopic (exact) mass is 238 g/mol. The summed E-state index contributed by atoms with van der Waals surface area (Å²) >= 11 is 3.07. The maximum atomic E-state index is 10.8. The lowest BCUT2D eigenvalue weighted by atomic mass is 10.3. The van der Waals surface area contributed by atoms with Crippen LogP contribution in [0.15, 0.2) is 21.4 Å². The van der Waals surface area contributed by atoms with Crippen molar-refractivity contribution in [1.29, 1.82) is 0 Å². The van der Waals surface area contributed by atoms with Crippen molar-refractivity contribution in [3.05, 3.63) is 32.7 Å². The molecular weight excluding hydrogens is 231 g/mol. The number of aromatic nitrogens is 1. The summed E-state index contributed by atoms with van der Waals surface area (Å²) in [6.07, 6.45) is 0. The molecule has 62 valence electrons. The summed E-state index contributed by atoms with van der Waals surface area (Å²) in [7, 11) is 0. The van der Waals surface area contributed by atoms with Gasteiger partial charge in [0, 0.05) is 12.2 Å². The van der Waals surface area contributed by atoms with E-state index in [1.807, 2.05) is 0 Å². The second kappa shape index (κ2) is 4.54. The summed E-state index contributed by atoms with van der Waals surface area (Å²) < 4.78 is 0.532. The number of pyridine rings is 1. The molecule has 1 aromatic rings. The molecule has 0 aliphatic carbocycles. The Morgan fingerprint density at radius 1 is 1.55 bits per heavy atom. The van der Waals surface area contributed by atoms with Crippen LogP contribution in [-0.4, -0.2) is 4.98 Å². The highest BCUT2D eigenvalue weighted by molar-refractivity contribution is 9.10. The van der Waals surface area contributed by atoms with Gasteiger partial charge in [-0.25, -0.2) is 0 Å². The largest absolute Gasteiger partial charge is 0.325 e. The minimum Gasteiger partial charge on any atom is -0.325 e. The molecule has 3 nitrogen and oxygen atoms in total. The maximum Gasteiger partial charge on any atom is 0.262 e. The maximum absolute atomic E-state index is 10.8. The van der Waals surface area contributed by atoms with Gasteiger partial charge in [0.15, 0.2) is 0 Å². The summed E-state index contributed by atoms with van der Waals surface area (Å²) in [4.78, 5) is 13.4. The molecule has 0 aliphatic heterocycles. The van der Waals surface area contributed by atoms with Gasteiger partial charge in [0.05, 0.1) is 4.47 Å². The first-order chi connectivity index (χ1) is 4.74. The van der Waals surface area contributed by atoms with E-state index in [0.29, 0.717) is 11.0 Å². The molecule has 0 saturated carbocycles. The van der Waals surface area contributed by atoms with Crippen LogP contribution < -0.4 is 11.3 Å². The van der Waals surface area contributed by atoms with Crippen LogP contribution in [0.2, 0.25) is 0 Å². The molecule has 1 rings (SSSR count). The van der Waals surface area contributed by atoms with Gasteiger partial charge in [-0.2, -0.15) is 0 Å². The highest BCUT2D eigenvalue weighted by Crippen LogP contribution is 2.00. The molecule has 0 unspecified atom stereocenters. The van der Waals surface area contributed by atoms with E-state index in [1.54, 1.807) is 12.1 Å². The van der Waals surface area contributed by atoms with Crippen LogP contribution >= 0.6 is 28.3 Å². The molecule has 0 saturated heterocycles. The minimum absolute atomic E-state index is 0. The molecule has 0 radical (unpaired) electrons. The molecule has 0 fully saturated rings. The molecule has 0 aromatic carbocycles. The zero-order valence-corrected chi connectivity index (χ0v) is 8.04. The van der Waals surface area contributed by atoms with Crippen molar-refractivity contribution in [2.75, 3.05) is 0 Å². The van der Waals surface area contributed by atoms with E-state index in [4.69, 9.17) is 5.73 Å². The van der Waals surface area contributed by atoms with Gasteiger partial charge in [-0.05, 0) is 28.1 Å². The number of H-pyrrole nitrogens is 1. The molecular formula is C6H8BrClN2O. The fourth-order valence-corrected chi connectivity index (χ4v) is 0.847. The molecule has 0 bridgehead atoms. The van der Waals surface area contributed by atoms with Crippen molar-refractivity contribution in [2.24, 2.45) is 5.73 Å². The van der Waals surface area contributed by atoms with Crippen LogP contribution in [0, 0.1) is 0 Å². The molecule has 3 N–H and O–H groups in total. The third-order valence-electron chi connectivity index (χ3n) is 1.14. The number of halogens is 2. The van der Waals surface area contributed by atoms with Crippen LogP contribution in [-0.2, 0) is 6.54 Å². The molecule has 1 aromatic heterocycles. The Bertz CT molecular complexity index is 286. The smallest absolute Gasteiger partial charge is 0.262 e. The van der Waals surface area contributed by atoms with E-state index in [-0.39, 0.29) is 18.0 Å².